The maximum absolute atomic E-state index is 13.9. The molecule has 118 valence electrons. The number of aliphatic carboxylic acids is 1. The molecule has 0 amide bonds. The van der Waals surface area contributed by atoms with E-state index in [-0.39, 0.29) is 29.5 Å². The van der Waals surface area contributed by atoms with Crippen molar-refractivity contribution in [3.05, 3.63) is 34.6 Å². The molecule has 21 heavy (non-hydrogen) atoms. The van der Waals surface area contributed by atoms with Crippen LogP contribution in [0.25, 0.3) is 0 Å². The molecule has 1 rings (SSSR count). The normalized spacial score (nSPS) is 12.2. The van der Waals surface area contributed by atoms with Crippen molar-refractivity contribution in [1.82, 2.24) is 0 Å². The second-order valence-electron chi connectivity index (χ2n) is 7.28. The van der Waals surface area contributed by atoms with Gasteiger partial charge in [0.1, 0.15) is 5.82 Å². The maximum atomic E-state index is 13.9. The molecule has 0 bridgehead atoms. The van der Waals surface area contributed by atoms with E-state index in [0.29, 0.717) is 6.42 Å². The zero-order valence-electron chi connectivity index (χ0n) is 14.0. The Morgan fingerprint density at radius 2 is 1.57 bits per heavy atom. The van der Waals surface area contributed by atoms with Crippen LogP contribution < -0.4 is 0 Å². The fourth-order valence-corrected chi connectivity index (χ4v) is 2.86. The largest absolute Gasteiger partial charge is 0.481 e. The van der Waals surface area contributed by atoms with Crippen LogP contribution in [0.3, 0.4) is 0 Å². The molecule has 0 radical (unpaired) electrons. The molecule has 0 fully saturated rings. The van der Waals surface area contributed by atoms with Gasteiger partial charge in [-0.1, -0.05) is 41.5 Å². The molecule has 0 aliphatic rings. The van der Waals surface area contributed by atoms with Crippen molar-refractivity contribution in [2.75, 3.05) is 0 Å². The second-order valence-corrected chi connectivity index (χ2v) is 7.28. The predicted octanol–water partition coefficient (Wildman–Crippen LogP) is 5.12. The van der Waals surface area contributed by atoms with Gasteiger partial charge in [0, 0.05) is 0 Å². The van der Waals surface area contributed by atoms with Crippen LogP contribution in [0, 0.1) is 11.2 Å². The predicted molar refractivity (Wildman–Crippen MR) is 84.3 cm³/mol. The van der Waals surface area contributed by atoms with Crippen molar-refractivity contribution in [2.24, 2.45) is 5.41 Å². The minimum atomic E-state index is -0.792. The summed E-state index contributed by atoms with van der Waals surface area (Å²) < 4.78 is 13.9. The Morgan fingerprint density at radius 3 is 1.90 bits per heavy atom. The first-order valence-electron chi connectivity index (χ1n) is 7.57. The van der Waals surface area contributed by atoms with Crippen molar-refractivity contribution in [1.29, 1.82) is 0 Å². The summed E-state index contributed by atoms with van der Waals surface area (Å²) in [5.74, 6) is -0.566. The number of hydrogen-bond acceptors (Lipinski definition) is 1. The highest BCUT2D eigenvalue weighted by molar-refractivity contribution is 5.67. The summed E-state index contributed by atoms with van der Waals surface area (Å²) in [4.78, 5) is 11.0. The topological polar surface area (TPSA) is 37.3 Å². The van der Waals surface area contributed by atoms with Crippen LogP contribution in [-0.2, 0) is 11.2 Å². The van der Waals surface area contributed by atoms with Gasteiger partial charge in [0.2, 0.25) is 0 Å². The summed E-state index contributed by atoms with van der Waals surface area (Å²) in [7, 11) is 0. The van der Waals surface area contributed by atoms with Gasteiger partial charge in [-0.2, -0.15) is 0 Å². The van der Waals surface area contributed by atoms with Crippen molar-refractivity contribution < 1.29 is 14.3 Å². The standard InChI is InChI=1S/C18H27FO2/c1-11(2)14-7-13(19)8-15(12(3)4)16(14)9-18(5,6)10-17(20)21/h7-8,11-12H,9-10H2,1-6H3,(H,20,21). The number of benzene rings is 1. The van der Waals surface area contributed by atoms with Gasteiger partial charge in [0.25, 0.3) is 0 Å². The van der Waals surface area contributed by atoms with E-state index in [1.54, 1.807) is 12.1 Å². The van der Waals surface area contributed by atoms with Gasteiger partial charge in [-0.25, -0.2) is 4.39 Å². The van der Waals surface area contributed by atoms with E-state index in [1.165, 1.54) is 0 Å². The number of hydrogen-bond donors (Lipinski definition) is 1. The van der Waals surface area contributed by atoms with Crippen molar-refractivity contribution in [3.8, 4) is 0 Å². The summed E-state index contributed by atoms with van der Waals surface area (Å²) >= 11 is 0. The van der Waals surface area contributed by atoms with E-state index < -0.39 is 5.97 Å². The summed E-state index contributed by atoms with van der Waals surface area (Å²) in [6, 6.07) is 3.20. The molecule has 0 aliphatic carbocycles. The minimum absolute atomic E-state index is 0.111. The second kappa shape index (κ2) is 6.59. The molecule has 3 heteroatoms. The average molecular weight is 294 g/mol. The lowest BCUT2D eigenvalue weighted by Gasteiger charge is -2.28. The lowest BCUT2D eigenvalue weighted by molar-refractivity contribution is -0.139. The molecule has 2 nitrogen and oxygen atoms in total. The van der Waals surface area contributed by atoms with E-state index in [0.717, 1.165) is 16.7 Å². The Morgan fingerprint density at radius 1 is 1.14 bits per heavy atom. The van der Waals surface area contributed by atoms with Crippen molar-refractivity contribution in [2.45, 2.75) is 66.2 Å². The summed E-state index contributed by atoms with van der Waals surface area (Å²) in [5, 5.41) is 9.07. The number of carboxylic acid groups (broad SMARTS) is 1. The molecule has 0 saturated carbocycles. The number of rotatable bonds is 6. The first kappa shape index (κ1) is 17.7. The molecule has 1 aromatic rings. The first-order valence-corrected chi connectivity index (χ1v) is 7.57. The van der Waals surface area contributed by atoms with E-state index in [2.05, 4.69) is 0 Å². The van der Waals surface area contributed by atoms with Gasteiger partial charge >= 0.3 is 5.97 Å². The molecule has 0 saturated heterocycles. The number of carbonyl (C=O) groups is 1. The Labute approximate surface area is 127 Å². The fraction of sp³-hybridized carbons (Fsp3) is 0.611. The van der Waals surface area contributed by atoms with Crippen LogP contribution in [0.1, 0.15) is 76.5 Å². The van der Waals surface area contributed by atoms with E-state index in [9.17, 15) is 9.18 Å². The highest BCUT2D eigenvalue weighted by atomic mass is 19.1. The third-order valence-corrected chi connectivity index (χ3v) is 3.81. The zero-order chi connectivity index (χ0) is 16.4. The van der Waals surface area contributed by atoms with E-state index in [1.807, 2.05) is 41.5 Å². The number of halogens is 1. The minimum Gasteiger partial charge on any atom is -0.481 e. The van der Waals surface area contributed by atoms with Crippen molar-refractivity contribution >= 4 is 5.97 Å². The lowest BCUT2D eigenvalue weighted by Crippen LogP contribution is -2.22. The van der Waals surface area contributed by atoms with Gasteiger partial charge in [0.05, 0.1) is 6.42 Å². The Kier molecular flexibility index (Phi) is 5.54. The molecule has 0 atom stereocenters. The van der Waals surface area contributed by atoms with E-state index in [4.69, 9.17) is 5.11 Å². The van der Waals surface area contributed by atoms with Crippen LogP contribution in [0.15, 0.2) is 12.1 Å². The average Bonchev–Trinajstić information content (AvgIpc) is 2.28. The summed E-state index contributed by atoms with van der Waals surface area (Å²) in [6.07, 6.45) is 0.764. The molecular formula is C18H27FO2. The molecule has 1 N–H and O–H groups in total. The Balaban J connectivity index is 3.34. The smallest absolute Gasteiger partial charge is 0.303 e. The SMILES string of the molecule is CC(C)c1cc(F)cc(C(C)C)c1CC(C)(C)CC(=O)O. The van der Waals surface area contributed by atoms with Crippen molar-refractivity contribution in [3.63, 3.8) is 0 Å². The molecule has 0 aromatic heterocycles. The molecule has 0 unspecified atom stereocenters. The molecule has 0 heterocycles. The van der Waals surface area contributed by atoms with Crippen LogP contribution in [0.2, 0.25) is 0 Å². The fourth-order valence-electron chi connectivity index (χ4n) is 2.86. The van der Waals surface area contributed by atoms with E-state index >= 15 is 0 Å². The molecule has 1 aromatic carbocycles. The van der Waals surface area contributed by atoms with Gasteiger partial charge in [-0.15, -0.1) is 0 Å². The van der Waals surface area contributed by atoms with Gasteiger partial charge < -0.3 is 5.11 Å². The molecular weight excluding hydrogens is 267 g/mol. The Bertz CT molecular complexity index is 487. The zero-order valence-corrected chi connectivity index (χ0v) is 14.0. The molecule has 0 spiro atoms. The van der Waals surface area contributed by atoms with Crippen LogP contribution in [0.5, 0.6) is 0 Å². The Hall–Kier alpha value is -1.38. The first-order chi connectivity index (χ1) is 9.53. The van der Waals surface area contributed by atoms with Gasteiger partial charge in [-0.05, 0) is 52.5 Å². The summed E-state index contributed by atoms with van der Waals surface area (Å²) in [5.41, 5.74) is 2.76. The van der Waals surface area contributed by atoms with Crippen LogP contribution >= 0.6 is 0 Å². The van der Waals surface area contributed by atoms with Crippen LogP contribution in [-0.4, -0.2) is 11.1 Å². The third-order valence-electron chi connectivity index (χ3n) is 3.81. The lowest BCUT2D eigenvalue weighted by atomic mass is 9.77. The van der Waals surface area contributed by atoms with Gasteiger partial charge in [-0.3, -0.25) is 4.79 Å². The quantitative estimate of drug-likeness (QED) is 0.791. The van der Waals surface area contributed by atoms with Crippen LogP contribution in [0.4, 0.5) is 4.39 Å². The number of carboxylic acids is 1. The van der Waals surface area contributed by atoms with Gasteiger partial charge in [0.15, 0.2) is 0 Å². The highest BCUT2D eigenvalue weighted by Crippen LogP contribution is 2.35. The third kappa shape index (κ3) is 4.83. The molecule has 0 aliphatic heterocycles. The maximum Gasteiger partial charge on any atom is 0.303 e. The summed E-state index contributed by atoms with van der Waals surface area (Å²) in [6.45, 7) is 12.1. The highest BCUT2D eigenvalue weighted by Gasteiger charge is 2.26. The monoisotopic (exact) mass is 294 g/mol.